The fraction of sp³-hybridized carbons (Fsp3) is 0.200. The fourth-order valence-corrected chi connectivity index (χ4v) is 5.89. The number of hydrogen-bond acceptors (Lipinski definition) is 8. The van der Waals surface area contributed by atoms with Crippen LogP contribution in [0.25, 0.3) is 21.2 Å². The van der Waals surface area contributed by atoms with Crippen LogP contribution in [0.5, 0.6) is 17.2 Å². The van der Waals surface area contributed by atoms with Gasteiger partial charge >= 0.3 is 5.97 Å². The van der Waals surface area contributed by atoms with E-state index in [2.05, 4.69) is 5.32 Å². The van der Waals surface area contributed by atoms with Gasteiger partial charge in [-0.1, -0.05) is 17.7 Å². The van der Waals surface area contributed by atoms with Crippen molar-refractivity contribution in [3.05, 3.63) is 57.2 Å². The van der Waals surface area contributed by atoms with Crippen molar-refractivity contribution >= 4 is 61.2 Å². The first-order valence-corrected chi connectivity index (χ1v) is 12.6. The molecule has 0 radical (unpaired) electrons. The number of benzene rings is 2. The van der Waals surface area contributed by atoms with Crippen molar-refractivity contribution in [2.45, 2.75) is 6.92 Å². The second-order valence-corrected chi connectivity index (χ2v) is 9.51. The van der Waals surface area contributed by atoms with Crippen LogP contribution in [0, 0.1) is 0 Å². The maximum Gasteiger partial charge on any atom is 0.341 e. The molecule has 0 spiro atoms. The summed E-state index contributed by atoms with van der Waals surface area (Å²) in [6.07, 6.45) is 0. The molecule has 0 aliphatic rings. The molecule has 0 aliphatic carbocycles. The predicted molar refractivity (Wildman–Crippen MR) is 140 cm³/mol. The van der Waals surface area contributed by atoms with Gasteiger partial charge in [0.1, 0.15) is 21.2 Å². The number of carbonyl (C=O) groups is 2. The Kier molecular flexibility index (Phi) is 7.49. The zero-order valence-electron chi connectivity index (χ0n) is 19.4. The smallest absolute Gasteiger partial charge is 0.341 e. The Labute approximate surface area is 215 Å². The molecule has 0 fully saturated rings. The summed E-state index contributed by atoms with van der Waals surface area (Å²) in [7, 11) is 4.66. The van der Waals surface area contributed by atoms with E-state index in [9.17, 15) is 9.59 Å². The van der Waals surface area contributed by atoms with Gasteiger partial charge in [-0.2, -0.15) is 0 Å². The topological polar surface area (TPSA) is 83.1 Å². The fourth-order valence-electron chi connectivity index (χ4n) is 3.55. The molecule has 4 rings (SSSR count). The normalized spacial score (nSPS) is 10.8. The number of fused-ring (bicyclic) bond motifs is 1. The molecule has 7 nitrogen and oxygen atoms in total. The van der Waals surface area contributed by atoms with Crippen molar-refractivity contribution in [2.75, 3.05) is 33.3 Å². The molecule has 2 heterocycles. The Hall–Kier alpha value is -3.27. The molecule has 0 aliphatic heterocycles. The zero-order valence-corrected chi connectivity index (χ0v) is 21.8. The first-order valence-electron chi connectivity index (χ1n) is 10.5. The number of amides is 1. The minimum Gasteiger partial charge on any atom is -0.497 e. The second kappa shape index (κ2) is 10.6. The summed E-state index contributed by atoms with van der Waals surface area (Å²) >= 11 is 9.04. The van der Waals surface area contributed by atoms with Crippen LogP contribution < -0.4 is 19.5 Å². The van der Waals surface area contributed by atoms with Crippen molar-refractivity contribution in [1.82, 2.24) is 0 Å². The Bertz CT molecular complexity index is 1410. The summed E-state index contributed by atoms with van der Waals surface area (Å²) < 4.78 is 22.1. The lowest BCUT2D eigenvalue weighted by atomic mass is 10.0. The molecule has 0 saturated carbocycles. The summed E-state index contributed by atoms with van der Waals surface area (Å²) in [6, 6.07) is 10.8. The Morgan fingerprint density at radius 3 is 2.46 bits per heavy atom. The van der Waals surface area contributed by atoms with Gasteiger partial charge in [-0.25, -0.2) is 4.79 Å². The van der Waals surface area contributed by atoms with E-state index >= 15 is 0 Å². The minimum absolute atomic E-state index is 0.192. The van der Waals surface area contributed by atoms with E-state index in [-0.39, 0.29) is 12.2 Å². The van der Waals surface area contributed by atoms with Crippen LogP contribution in [0.3, 0.4) is 0 Å². The first-order chi connectivity index (χ1) is 16.9. The van der Waals surface area contributed by atoms with Gasteiger partial charge in [0.2, 0.25) is 0 Å². The molecule has 35 heavy (non-hydrogen) atoms. The maximum atomic E-state index is 13.2. The van der Waals surface area contributed by atoms with Gasteiger partial charge in [0.25, 0.3) is 5.91 Å². The number of methoxy groups -OCH3 is 3. The number of rotatable bonds is 8. The average Bonchev–Trinajstić information content (AvgIpc) is 3.44. The standard InChI is InChI=1S/C25H22ClNO6S2/c1-5-33-25(29)20-16(13-6-8-17(31-3)18(10-13)32-4)12-34-24(20)27-23(28)22-21(26)15-11-14(30-2)7-9-19(15)35-22/h6-12H,5H2,1-4H3,(H,27,28). The number of hydrogen-bond donors (Lipinski definition) is 1. The molecule has 0 atom stereocenters. The summed E-state index contributed by atoms with van der Waals surface area (Å²) in [4.78, 5) is 26.5. The highest BCUT2D eigenvalue weighted by Crippen LogP contribution is 2.41. The zero-order chi connectivity index (χ0) is 25.1. The first kappa shape index (κ1) is 24.8. The van der Waals surface area contributed by atoms with Gasteiger partial charge in [-0.15, -0.1) is 22.7 Å². The van der Waals surface area contributed by atoms with Crippen LogP contribution in [0.1, 0.15) is 27.0 Å². The average molecular weight is 532 g/mol. The molecule has 2 aromatic heterocycles. The van der Waals surface area contributed by atoms with E-state index in [0.29, 0.717) is 37.7 Å². The molecular formula is C25H22ClNO6S2. The van der Waals surface area contributed by atoms with Crippen LogP contribution in [-0.2, 0) is 4.74 Å². The van der Waals surface area contributed by atoms with Crippen LogP contribution in [0.4, 0.5) is 5.00 Å². The number of nitrogens with one attached hydrogen (secondary N) is 1. The van der Waals surface area contributed by atoms with E-state index < -0.39 is 11.9 Å². The summed E-state index contributed by atoms with van der Waals surface area (Å²) in [6.45, 7) is 1.92. The third-order valence-corrected chi connectivity index (χ3v) is 7.80. The third-order valence-electron chi connectivity index (χ3n) is 5.23. The SMILES string of the molecule is CCOC(=O)c1c(-c2ccc(OC)c(OC)c2)csc1NC(=O)c1sc2ccc(OC)cc2c1Cl. The number of thiophene rings is 2. The number of ether oxygens (including phenoxy) is 4. The highest BCUT2D eigenvalue weighted by atomic mass is 35.5. The van der Waals surface area contributed by atoms with E-state index in [1.54, 1.807) is 44.7 Å². The van der Waals surface area contributed by atoms with Crippen LogP contribution in [0.15, 0.2) is 41.8 Å². The molecule has 10 heteroatoms. The molecule has 182 valence electrons. The highest BCUT2D eigenvalue weighted by molar-refractivity contribution is 7.22. The molecular weight excluding hydrogens is 510 g/mol. The van der Waals surface area contributed by atoms with Crippen molar-refractivity contribution < 1.29 is 28.5 Å². The van der Waals surface area contributed by atoms with E-state index in [4.69, 9.17) is 30.5 Å². The number of carbonyl (C=O) groups excluding carboxylic acids is 2. The van der Waals surface area contributed by atoms with Crippen molar-refractivity contribution in [3.8, 4) is 28.4 Å². The highest BCUT2D eigenvalue weighted by Gasteiger charge is 2.25. The predicted octanol–water partition coefficient (Wildman–Crippen LogP) is 6.74. The van der Waals surface area contributed by atoms with Crippen molar-refractivity contribution in [2.24, 2.45) is 0 Å². The van der Waals surface area contributed by atoms with Gasteiger partial charge in [0.05, 0.1) is 33.0 Å². The van der Waals surface area contributed by atoms with E-state index in [1.165, 1.54) is 29.8 Å². The summed E-state index contributed by atoms with van der Waals surface area (Å²) in [5.41, 5.74) is 1.59. The van der Waals surface area contributed by atoms with E-state index in [0.717, 1.165) is 15.6 Å². The number of esters is 1. The monoisotopic (exact) mass is 531 g/mol. The second-order valence-electron chi connectivity index (χ2n) is 7.21. The molecule has 0 unspecified atom stereocenters. The van der Waals surface area contributed by atoms with Gasteiger partial charge < -0.3 is 24.3 Å². The number of halogens is 1. The van der Waals surface area contributed by atoms with Crippen molar-refractivity contribution in [1.29, 1.82) is 0 Å². The Morgan fingerprint density at radius 2 is 1.77 bits per heavy atom. The minimum atomic E-state index is -0.541. The molecule has 1 amide bonds. The van der Waals surface area contributed by atoms with E-state index in [1.807, 2.05) is 18.2 Å². The van der Waals surface area contributed by atoms with Gasteiger partial charge in [-0.05, 0) is 42.8 Å². The lowest BCUT2D eigenvalue weighted by molar-refractivity contribution is 0.0529. The lowest BCUT2D eigenvalue weighted by Gasteiger charge is -2.11. The van der Waals surface area contributed by atoms with Crippen molar-refractivity contribution in [3.63, 3.8) is 0 Å². The molecule has 1 N–H and O–H groups in total. The molecule has 0 saturated heterocycles. The third kappa shape index (κ3) is 4.80. The number of anilines is 1. The summed E-state index contributed by atoms with van der Waals surface area (Å²) in [5.74, 6) is 0.770. The quantitative estimate of drug-likeness (QED) is 0.253. The van der Waals surface area contributed by atoms with Crippen LogP contribution >= 0.6 is 34.3 Å². The maximum absolute atomic E-state index is 13.2. The Morgan fingerprint density at radius 1 is 1.00 bits per heavy atom. The lowest BCUT2D eigenvalue weighted by Crippen LogP contribution is -2.14. The van der Waals surface area contributed by atoms with Gasteiger partial charge in [0, 0.05) is 21.0 Å². The molecule has 4 aromatic rings. The van der Waals surface area contributed by atoms with Crippen LogP contribution in [0.2, 0.25) is 5.02 Å². The largest absolute Gasteiger partial charge is 0.497 e. The molecule has 0 bridgehead atoms. The molecule has 2 aromatic carbocycles. The van der Waals surface area contributed by atoms with Gasteiger partial charge in [0.15, 0.2) is 11.5 Å². The Balaban J connectivity index is 1.73. The van der Waals surface area contributed by atoms with Crippen LogP contribution in [-0.4, -0.2) is 39.8 Å². The summed E-state index contributed by atoms with van der Waals surface area (Å²) in [5, 5.41) is 6.07. The van der Waals surface area contributed by atoms with Gasteiger partial charge in [-0.3, -0.25) is 4.79 Å².